The van der Waals surface area contributed by atoms with Crippen LogP contribution in [0.5, 0.6) is 5.75 Å². The van der Waals surface area contributed by atoms with Gasteiger partial charge in [-0.15, -0.1) is 0 Å². The Hall–Kier alpha value is -4.72. The van der Waals surface area contributed by atoms with E-state index >= 15 is 0 Å². The number of carbonyl (C=O) groups is 1. The molecule has 0 radical (unpaired) electrons. The number of fused-ring (bicyclic) bond motifs is 1. The van der Waals surface area contributed by atoms with E-state index in [2.05, 4.69) is 4.98 Å². The zero-order valence-corrected chi connectivity index (χ0v) is 20.4. The normalized spacial score (nSPS) is 11.1. The van der Waals surface area contributed by atoms with Gasteiger partial charge >= 0.3 is 0 Å². The Labute approximate surface area is 213 Å². The van der Waals surface area contributed by atoms with Crippen molar-refractivity contribution in [1.82, 2.24) is 18.9 Å². The number of ether oxygens (including phenoxy) is 1. The molecule has 0 aliphatic carbocycles. The van der Waals surface area contributed by atoms with Crippen LogP contribution in [0.1, 0.15) is 28.9 Å². The number of benzene rings is 2. The summed E-state index contributed by atoms with van der Waals surface area (Å²) in [6.07, 6.45) is 3.94. The zero-order chi connectivity index (χ0) is 25.8. The van der Waals surface area contributed by atoms with Crippen molar-refractivity contribution in [3.8, 4) is 11.4 Å². The highest BCUT2D eigenvalue weighted by Gasteiger charge is 2.23. The Bertz CT molecular complexity index is 1650. The summed E-state index contributed by atoms with van der Waals surface area (Å²) < 4.78 is 9.95. The maximum absolute atomic E-state index is 13.7. The van der Waals surface area contributed by atoms with Crippen LogP contribution < -0.4 is 15.9 Å². The number of para-hydroxylation sites is 2. The summed E-state index contributed by atoms with van der Waals surface area (Å²) in [5.41, 5.74) is 1.53. The summed E-state index contributed by atoms with van der Waals surface area (Å²) in [5.74, 6) is 0.434. The van der Waals surface area contributed by atoms with Gasteiger partial charge in [-0.1, -0.05) is 42.5 Å². The second-order valence-electron chi connectivity index (χ2n) is 8.70. The van der Waals surface area contributed by atoms with E-state index in [0.29, 0.717) is 35.3 Å². The molecular weight excluding hydrogens is 468 g/mol. The van der Waals surface area contributed by atoms with Crippen LogP contribution in [-0.2, 0) is 6.54 Å². The molecule has 3 heterocycles. The third-order valence-corrected chi connectivity index (χ3v) is 6.23. The fraction of sp³-hybridized carbons (Fsp3) is 0.172. The van der Waals surface area contributed by atoms with Crippen LogP contribution in [0.2, 0.25) is 0 Å². The van der Waals surface area contributed by atoms with Gasteiger partial charge < -0.3 is 9.30 Å². The number of carbonyl (C=O) groups excluding carboxylic acids is 1. The molecule has 0 spiro atoms. The molecule has 0 aliphatic heterocycles. The maximum Gasteiger partial charge on any atom is 0.281 e. The van der Waals surface area contributed by atoms with Gasteiger partial charge in [0.15, 0.2) is 0 Å². The fourth-order valence-electron chi connectivity index (χ4n) is 4.44. The first-order valence-electron chi connectivity index (χ1n) is 12.1. The van der Waals surface area contributed by atoms with E-state index in [9.17, 15) is 14.4 Å². The van der Waals surface area contributed by atoms with E-state index in [1.54, 1.807) is 54.2 Å². The van der Waals surface area contributed by atoms with Crippen molar-refractivity contribution in [2.75, 3.05) is 6.61 Å². The largest absolute Gasteiger partial charge is 0.494 e. The van der Waals surface area contributed by atoms with Gasteiger partial charge in [-0.2, -0.15) is 0 Å². The van der Waals surface area contributed by atoms with Crippen LogP contribution in [0.25, 0.3) is 16.6 Å². The van der Waals surface area contributed by atoms with Crippen LogP contribution in [0.3, 0.4) is 0 Å². The molecule has 0 amide bonds. The summed E-state index contributed by atoms with van der Waals surface area (Å²) in [6.45, 7) is 2.36. The van der Waals surface area contributed by atoms with Crippen LogP contribution in [0.4, 0.5) is 0 Å². The van der Waals surface area contributed by atoms with Crippen LogP contribution in [-0.4, -0.2) is 31.4 Å². The molecule has 0 aliphatic rings. The number of pyridine rings is 2. The van der Waals surface area contributed by atoms with Crippen LogP contribution in [0.15, 0.2) is 101 Å². The predicted octanol–water partition coefficient (Wildman–Crippen LogP) is 4.21. The lowest BCUT2D eigenvalue weighted by Crippen LogP contribution is -2.26. The Morgan fingerprint density at radius 2 is 1.68 bits per heavy atom. The molecular formula is C29H26N4O4. The minimum atomic E-state index is -0.354. The Morgan fingerprint density at radius 1 is 0.946 bits per heavy atom. The Morgan fingerprint density at radius 3 is 2.38 bits per heavy atom. The van der Waals surface area contributed by atoms with E-state index in [4.69, 9.17) is 4.74 Å². The Balaban J connectivity index is 1.55. The summed E-state index contributed by atoms with van der Waals surface area (Å²) in [6, 6.07) is 23.4. The van der Waals surface area contributed by atoms with Crippen molar-refractivity contribution >= 4 is 16.8 Å². The molecule has 37 heavy (non-hydrogen) atoms. The molecule has 5 aromatic rings. The minimum Gasteiger partial charge on any atom is -0.494 e. The standard InChI is InChI=1S/C29H26N4O4/c1-21-28-25(18-27(35)31(21)20-22-10-8-16-30-19-22)33(32(29(28)36)23-11-4-2-5-12-23)26(34)15-9-17-37-24-13-6-3-7-14-24/h2-8,10-14,16,18-19H,9,15,17,20H2,1H3. The lowest BCUT2D eigenvalue weighted by atomic mass is 10.2. The van der Waals surface area contributed by atoms with Gasteiger partial charge in [0.05, 0.1) is 29.7 Å². The SMILES string of the molecule is Cc1c2c(=O)n(-c3ccccc3)n(C(=O)CCCOc3ccccc3)c2cc(=O)n1Cc1cccnc1. The van der Waals surface area contributed by atoms with Gasteiger partial charge in [-0.3, -0.25) is 19.4 Å². The molecule has 0 unspecified atom stereocenters. The van der Waals surface area contributed by atoms with Crippen LogP contribution >= 0.6 is 0 Å². The number of hydrogen-bond donors (Lipinski definition) is 0. The van der Waals surface area contributed by atoms with Crippen molar-refractivity contribution in [2.24, 2.45) is 0 Å². The van der Waals surface area contributed by atoms with E-state index < -0.39 is 0 Å². The molecule has 0 saturated heterocycles. The fourth-order valence-corrected chi connectivity index (χ4v) is 4.44. The summed E-state index contributed by atoms with van der Waals surface area (Å²) in [7, 11) is 0. The first-order valence-corrected chi connectivity index (χ1v) is 12.1. The minimum absolute atomic E-state index is 0.140. The molecule has 8 nitrogen and oxygen atoms in total. The quantitative estimate of drug-likeness (QED) is 0.302. The topological polar surface area (TPSA) is 88.1 Å². The molecule has 2 aromatic carbocycles. The van der Waals surface area contributed by atoms with E-state index in [0.717, 1.165) is 11.3 Å². The summed E-state index contributed by atoms with van der Waals surface area (Å²) in [4.78, 5) is 44.6. The van der Waals surface area contributed by atoms with E-state index in [1.165, 1.54) is 15.4 Å². The highest BCUT2D eigenvalue weighted by Crippen LogP contribution is 2.19. The monoisotopic (exact) mass is 494 g/mol. The molecule has 8 heteroatoms. The average Bonchev–Trinajstić information content (AvgIpc) is 3.22. The second kappa shape index (κ2) is 10.5. The smallest absolute Gasteiger partial charge is 0.281 e. The molecule has 0 N–H and O–H groups in total. The number of aromatic nitrogens is 4. The van der Waals surface area contributed by atoms with Crippen molar-refractivity contribution < 1.29 is 9.53 Å². The average molecular weight is 495 g/mol. The lowest BCUT2D eigenvalue weighted by Gasteiger charge is -2.13. The predicted molar refractivity (Wildman–Crippen MR) is 142 cm³/mol. The van der Waals surface area contributed by atoms with Gasteiger partial charge in [0.1, 0.15) is 5.75 Å². The number of hydrogen-bond acceptors (Lipinski definition) is 5. The first-order chi connectivity index (χ1) is 18.0. The third-order valence-electron chi connectivity index (χ3n) is 6.23. The number of nitrogens with zero attached hydrogens (tertiary/aromatic N) is 4. The van der Waals surface area contributed by atoms with Crippen LogP contribution in [0, 0.1) is 6.92 Å². The highest BCUT2D eigenvalue weighted by molar-refractivity contribution is 5.92. The maximum atomic E-state index is 13.7. The van der Waals surface area contributed by atoms with Gasteiger partial charge in [-0.05, 0) is 49.2 Å². The number of rotatable bonds is 8. The zero-order valence-electron chi connectivity index (χ0n) is 20.4. The molecule has 0 atom stereocenters. The molecule has 5 rings (SSSR count). The van der Waals surface area contributed by atoms with Crippen molar-refractivity contribution in [3.63, 3.8) is 0 Å². The highest BCUT2D eigenvalue weighted by atomic mass is 16.5. The Kier molecular flexibility index (Phi) is 6.81. The second-order valence-corrected chi connectivity index (χ2v) is 8.70. The number of aryl methyl sites for hydroxylation is 1. The molecule has 3 aromatic heterocycles. The molecule has 0 fully saturated rings. The van der Waals surface area contributed by atoms with Gasteiger partial charge in [0.2, 0.25) is 5.91 Å². The molecule has 0 saturated carbocycles. The molecule has 0 bridgehead atoms. The third kappa shape index (κ3) is 4.86. The van der Waals surface area contributed by atoms with Crippen molar-refractivity contribution in [3.05, 3.63) is 123 Å². The lowest BCUT2D eigenvalue weighted by molar-refractivity contribution is 0.0873. The van der Waals surface area contributed by atoms with Gasteiger partial charge in [0, 0.05) is 30.6 Å². The van der Waals surface area contributed by atoms with E-state index in [-0.39, 0.29) is 30.0 Å². The molecule has 186 valence electrons. The van der Waals surface area contributed by atoms with Crippen molar-refractivity contribution in [1.29, 1.82) is 0 Å². The van der Waals surface area contributed by atoms with E-state index in [1.807, 2.05) is 42.5 Å². The summed E-state index contributed by atoms with van der Waals surface area (Å²) in [5, 5.41) is 0.334. The first kappa shape index (κ1) is 24.0. The van der Waals surface area contributed by atoms with Gasteiger partial charge in [-0.25, -0.2) is 9.36 Å². The summed E-state index contributed by atoms with van der Waals surface area (Å²) >= 11 is 0. The van der Waals surface area contributed by atoms with Gasteiger partial charge in [0.25, 0.3) is 11.1 Å². The van der Waals surface area contributed by atoms with Crippen molar-refractivity contribution in [2.45, 2.75) is 26.3 Å².